The average Bonchev–Trinajstić information content (AvgIpc) is 3.16. The summed E-state index contributed by atoms with van der Waals surface area (Å²) in [6, 6.07) is 10.4. The fourth-order valence-corrected chi connectivity index (χ4v) is 4.60. The Labute approximate surface area is 183 Å². The van der Waals surface area contributed by atoms with Crippen LogP contribution < -0.4 is 20.1 Å². The van der Waals surface area contributed by atoms with Crippen LogP contribution in [0.15, 0.2) is 40.7 Å². The molecule has 2 aliphatic rings. The molecule has 2 aliphatic heterocycles. The number of rotatable bonds is 6. The molecule has 0 atom stereocenters. The van der Waals surface area contributed by atoms with Gasteiger partial charge in [0, 0.05) is 42.7 Å². The number of aliphatic imine (C=N–C) groups is 1. The Morgan fingerprint density at radius 1 is 1.17 bits per heavy atom. The summed E-state index contributed by atoms with van der Waals surface area (Å²) in [6.07, 6.45) is 3.32. The van der Waals surface area contributed by atoms with Crippen LogP contribution in [-0.2, 0) is 6.54 Å². The molecule has 1 fully saturated rings. The van der Waals surface area contributed by atoms with Gasteiger partial charge in [0.1, 0.15) is 0 Å². The van der Waals surface area contributed by atoms with Gasteiger partial charge >= 0.3 is 0 Å². The fraction of sp³-hybridized carbons (Fsp3) is 0.522. The second kappa shape index (κ2) is 10.7. The van der Waals surface area contributed by atoms with Gasteiger partial charge in [-0.2, -0.15) is 0 Å². The second-order valence-electron chi connectivity index (χ2n) is 7.86. The Balaban J connectivity index is 1.30. The maximum absolute atomic E-state index is 5.80. The van der Waals surface area contributed by atoms with Crippen LogP contribution in [0, 0.1) is 5.92 Å². The van der Waals surface area contributed by atoms with Gasteiger partial charge in [-0.1, -0.05) is 6.07 Å². The molecule has 0 bridgehead atoms. The fourth-order valence-electron chi connectivity index (χ4n) is 3.86. The molecule has 2 aromatic rings. The Hall–Kier alpha value is -2.25. The molecule has 2 N–H and O–H groups in total. The van der Waals surface area contributed by atoms with E-state index in [1.807, 2.05) is 29.5 Å². The first kappa shape index (κ1) is 21.0. The van der Waals surface area contributed by atoms with Crippen LogP contribution in [0.3, 0.4) is 0 Å². The lowest BCUT2D eigenvalue weighted by Gasteiger charge is -2.31. The van der Waals surface area contributed by atoms with E-state index in [9.17, 15) is 0 Å². The number of ether oxygens (including phenoxy) is 2. The molecule has 4 rings (SSSR count). The van der Waals surface area contributed by atoms with E-state index in [1.165, 1.54) is 17.7 Å². The Bertz CT molecular complexity index is 817. The minimum atomic E-state index is 0.642. The van der Waals surface area contributed by atoms with Crippen LogP contribution in [0.1, 0.15) is 31.1 Å². The molecule has 1 saturated heterocycles. The lowest BCUT2D eigenvalue weighted by Crippen LogP contribution is -2.35. The molecule has 30 heavy (non-hydrogen) atoms. The Morgan fingerprint density at radius 2 is 2.00 bits per heavy atom. The molecule has 1 aromatic carbocycles. The number of hydrogen-bond donors (Lipinski definition) is 2. The summed E-state index contributed by atoms with van der Waals surface area (Å²) in [4.78, 5) is 8.89. The Kier molecular flexibility index (Phi) is 7.48. The number of nitrogens with zero attached hydrogens (tertiary/aromatic N) is 2. The summed E-state index contributed by atoms with van der Waals surface area (Å²) in [5.41, 5.74) is 0.963. The third kappa shape index (κ3) is 5.89. The number of nitrogens with one attached hydrogen (secondary N) is 2. The van der Waals surface area contributed by atoms with Gasteiger partial charge in [0.25, 0.3) is 0 Å². The third-order valence-electron chi connectivity index (χ3n) is 5.53. The summed E-state index contributed by atoms with van der Waals surface area (Å²) >= 11 is 1.85. The topological polar surface area (TPSA) is 58.1 Å². The molecule has 0 amide bonds. The number of likely N-dealkylation sites (tertiary alicyclic amines) is 1. The number of hydrogen-bond acceptors (Lipinski definition) is 5. The van der Waals surface area contributed by atoms with Gasteiger partial charge in [-0.3, -0.25) is 9.89 Å². The molecule has 7 heteroatoms. The largest absolute Gasteiger partial charge is 0.490 e. The lowest BCUT2D eigenvalue weighted by molar-refractivity contribution is 0.182. The van der Waals surface area contributed by atoms with E-state index < -0.39 is 0 Å². The van der Waals surface area contributed by atoms with E-state index in [1.54, 1.807) is 0 Å². The van der Waals surface area contributed by atoms with E-state index in [4.69, 9.17) is 14.5 Å². The minimum absolute atomic E-state index is 0.642. The number of thiophene rings is 1. The highest BCUT2D eigenvalue weighted by Gasteiger charge is 2.19. The highest BCUT2D eigenvalue weighted by molar-refractivity contribution is 7.09. The van der Waals surface area contributed by atoms with Crippen molar-refractivity contribution in [2.45, 2.75) is 32.7 Å². The number of piperidine rings is 1. The minimum Gasteiger partial charge on any atom is -0.490 e. The van der Waals surface area contributed by atoms with Crippen molar-refractivity contribution in [3.8, 4) is 11.5 Å². The van der Waals surface area contributed by atoms with Gasteiger partial charge < -0.3 is 20.1 Å². The van der Waals surface area contributed by atoms with Crippen LogP contribution in [0.4, 0.5) is 5.69 Å². The predicted molar refractivity (Wildman–Crippen MR) is 124 cm³/mol. The van der Waals surface area contributed by atoms with Crippen LogP contribution in [0.2, 0.25) is 0 Å². The molecule has 0 aliphatic carbocycles. The van der Waals surface area contributed by atoms with Gasteiger partial charge in [0.2, 0.25) is 0 Å². The average molecular weight is 429 g/mol. The zero-order valence-corrected chi connectivity index (χ0v) is 18.5. The molecular weight excluding hydrogens is 396 g/mol. The normalized spacial score (nSPS) is 18.1. The van der Waals surface area contributed by atoms with Gasteiger partial charge in [-0.15, -0.1) is 11.3 Å². The van der Waals surface area contributed by atoms with Crippen molar-refractivity contribution in [2.75, 3.05) is 44.7 Å². The van der Waals surface area contributed by atoms with E-state index in [-0.39, 0.29) is 0 Å². The van der Waals surface area contributed by atoms with Gasteiger partial charge in [-0.05, 0) is 62.4 Å². The van der Waals surface area contributed by atoms with E-state index in [2.05, 4.69) is 40.0 Å². The predicted octanol–water partition coefficient (Wildman–Crippen LogP) is 4.20. The second-order valence-corrected chi connectivity index (χ2v) is 8.89. The zero-order valence-electron chi connectivity index (χ0n) is 17.7. The molecule has 1 aromatic heterocycles. The summed E-state index contributed by atoms with van der Waals surface area (Å²) in [5, 5.41) is 8.94. The van der Waals surface area contributed by atoms with E-state index in [0.717, 1.165) is 62.3 Å². The molecule has 162 valence electrons. The van der Waals surface area contributed by atoms with Crippen molar-refractivity contribution in [1.29, 1.82) is 0 Å². The SMILES string of the molecule is CCNC(=NCC1CCN(Cc2cccs2)CC1)Nc1ccc2c(c1)OCCCO2. The quantitative estimate of drug-likeness (QED) is 0.533. The lowest BCUT2D eigenvalue weighted by atomic mass is 9.97. The number of anilines is 1. The molecule has 0 radical (unpaired) electrons. The van der Waals surface area contributed by atoms with Crippen molar-refractivity contribution in [2.24, 2.45) is 10.9 Å². The van der Waals surface area contributed by atoms with Crippen molar-refractivity contribution >= 4 is 23.0 Å². The van der Waals surface area contributed by atoms with Gasteiger partial charge in [0.15, 0.2) is 17.5 Å². The molecule has 6 nitrogen and oxygen atoms in total. The monoisotopic (exact) mass is 428 g/mol. The molecule has 3 heterocycles. The smallest absolute Gasteiger partial charge is 0.195 e. The van der Waals surface area contributed by atoms with Crippen molar-refractivity contribution in [3.05, 3.63) is 40.6 Å². The summed E-state index contributed by atoms with van der Waals surface area (Å²) < 4.78 is 11.5. The maximum atomic E-state index is 5.80. The summed E-state index contributed by atoms with van der Waals surface area (Å²) in [5.74, 6) is 3.08. The third-order valence-corrected chi connectivity index (χ3v) is 6.39. The summed E-state index contributed by atoms with van der Waals surface area (Å²) in [6.45, 7) is 8.57. The van der Waals surface area contributed by atoms with E-state index >= 15 is 0 Å². The molecular formula is C23H32N4O2S. The van der Waals surface area contributed by atoms with Crippen LogP contribution in [0.5, 0.6) is 11.5 Å². The maximum Gasteiger partial charge on any atom is 0.195 e. The number of fused-ring (bicyclic) bond motifs is 1. The highest BCUT2D eigenvalue weighted by atomic mass is 32.1. The van der Waals surface area contributed by atoms with Crippen LogP contribution in [0.25, 0.3) is 0 Å². The Morgan fingerprint density at radius 3 is 2.77 bits per heavy atom. The van der Waals surface area contributed by atoms with Crippen LogP contribution in [-0.4, -0.2) is 50.3 Å². The highest BCUT2D eigenvalue weighted by Crippen LogP contribution is 2.32. The van der Waals surface area contributed by atoms with Crippen LogP contribution >= 0.6 is 11.3 Å². The van der Waals surface area contributed by atoms with E-state index in [0.29, 0.717) is 19.1 Å². The number of benzene rings is 1. The molecule has 0 spiro atoms. The molecule has 0 unspecified atom stereocenters. The number of guanidine groups is 1. The van der Waals surface area contributed by atoms with Crippen molar-refractivity contribution in [1.82, 2.24) is 10.2 Å². The standard InChI is InChI=1S/C23H32N4O2S/c1-2-24-23(26-19-6-7-21-22(15-19)29-13-4-12-28-21)25-16-18-8-10-27(11-9-18)17-20-5-3-14-30-20/h3,5-7,14-15,18H,2,4,8-13,16-17H2,1H3,(H2,24,25,26). The zero-order chi connectivity index (χ0) is 20.6. The first-order valence-corrected chi connectivity index (χ1v) is 11.9. The van der Waals surface area contributed by atoms with Gasteiger partial charge in [0.05, 0.1) is 13.2 Å². The summed E-state index contributed by atoms with van der Waals surface area (Å²) in [7, 11) is 0. The molecule has 0 saturated carbocycles. The van der Waals surface area contributed by atoms with Crippen molar-refractivity contribution in [3.63, 3.8) is 0 Å². The first-order chi connectivity index (χ1) is 14.8. The first-order valence-electron chi connectivity index (χ1n) is 11.0. The van der Waals surface area contributed by atoms with Crippen molar-refractivity contribution < 1.29 is 9.47 Å². The van der Waals surface area contributed by atoms with Gasteiger partial charge in [-0.25, -0.2) is 0 Å².